The van der Waals surface area contributed by atoms with Crippen LogP contribution in [0, 0.1) is 0 Å². The monoisotopic (exact) mass is 270 g/mol. The molecule has 5 nitrogen and oxygen atoms in total. The minimum Gasteiger partial charge on any atom is -0.478 e. The molecule has 1 amide bonds. The molecule has 1 aromatic heterocycles. The van der Waals surface area contributed by atoms with Gasteiger partial charge in [-0.15, -0.1) is 0 Å². The molecule has 2 rings (SSSR count). The van der Waals surface area contributed by atoms with Crippen LogP contribution in [0.15, 0.2) is 42.6 Å². The first kappa shape index (κ1) is 13.7. The lowest BCUT2D eigenvalue weighted by atomic mass is 10.0. The topological polar surface area (TPSA) is 70.5 Å². The SMILES string of the molecule is CN(C)C(=O)c1ccc(-c2ncccc2C(=O)O)cc1. The molecule has 0 saturated heterocycles. The van der Waals surface area contributed by atoms with Crippen LogP contribution in [0.4, 0.5) is 0 Å². The lowest BCUT2D eigenvalue weighted by Gasteiger charge is -2.11. The number of carboxylic acid groups (broad SMARTS) is 1. The molecule has 5 heteroatoms. The summed E-state index contributed by atoms with van der Waals surface area (Å²) in [4.78, 5) is 28.5. The molecule has 0 aliphatic rings. The summed E-state index contributed by atoms with van der Waals surface area (Å²) < 4.78 is 0. The third-order valence-corrected chi connectivity index (χ3v) is 2.85. The van der Waals surface area contributed by atoms with Crippen molar-refractivity contribution in [1.82, 2.24) is 9.88 Å². The summed E-state index contributed by atoms with van der Waals surface area (Å²) in [5, 5.41) is 9.14. The number of carboxylic acids is 1. The Balaban J connectivity index is 2.41. The van der Waals surface area contributed by atoms with E-state index in [4.69, 9.17) is 5.11 Å². The highest BCUT2D eigenvalue weighted by Gasteiger charge is 2.13. The number of aromatic carboxylic acids is 1. The third kappa shape index (κ3) is 2.66. The van der Waals surface area contributed by atoms with E-state index in [1.165, 1.54) is 11.0 Å². The van der Waals surface area contributed by atoms with Crippen molar-refractivity contribution in [2.24, 2.45) is 0 Å². The van der Waals surface area contributed by atoms with Crippen molar-refractivity contribution in [2.75, 3.05) is 14.1 Å². The Bertz CT molecular complexity index is 648. The number of rotatable bonds is 3. The van der Waals surface area contributed by atoms with Crippen LogP contribution in [0.5, 0.6) is 0 Å². The smallest absolute Gasteiger partial charge is 0.337 e. The van der Waals surface area contributed by atoms with Crippen LogP contribution < -0.4 is 0 Å². The number of hydrogen-bond acceptors (Lipinski definition) is 3. The van der Waals surface area contributed by atoms with Gasteiger partial charge in [-0.05, 0) is 24.3 Å². The van der Waals surface area contributed by atoms with Crippen molar-refractivity contribution in [2.45, 2.75) is 0 Å². The molecule has 0 aliphatic carbocycles. The molecular formula is C15H14N2O3. The Morgan fingerprint density at radius 2 is 1.75 bits per heavy atom. The molecule has 0 fully saturated rings. The molecular weight excluding hydrogens is 256 g/mol. The number of hydrogen-bond donors (Lipinski definition) is 1. The number of benzene rings is 1. The van der Waals surface area contributed by atoms with Gasteiger partial charge in [-0.1, -0.05) is 12.1 Å². The average molecular weight is 270 g/mol. The summed E-state index contributed by atoms with van der Waals surface area (Å²) >= 11 is 0. The van der Waals surface area contributed by atoms with E-state index in [2.05, 4.69) is 4.98 Å². The highest BCUT2D eigenvalue weighted by molar-refractivity contribution is 5.96. The number of aromatic nitrogens is 1. The molecule has 0 saturated carbocycles. The van der Waals surface area contributed by atoms with Gasteiger partial charge in [0.1, 0.15) is 0 Å². The van der Waals surface area contributed by atoms with Gasteiger partial charge in [-0.2, -0.15) is 0 Å². The Hall–Kier alpha value is -2.69. The van der Waals surface area contributed by atoms with E-state index >= 15 is 0 Å². The molecule has 0 bridgehead atoms. The zero-order valence-electron chi connectivity index (χ0n) is 11.2. The molecule has 20 heavy (non-hydrogen) atoms. The maximum absolute atomic E-state index is 11.8. The minimum absolute atomic E-state index is 0.101. The highest BCUT2D eigenvalue weighted by atomic mass is 16.4. The van der Waals surface area contributed by atoms with Crippen molar-refractivity contribution >= 4 is 11.9 Å². The first-order valence-electron chi connectivity index (χ1n) is 6.01. The molecule has 0 atom stereocenters. The second-order valence-electron chi connectivity index (χ2n) is 4.48. The molecule has 0 radical (unpaired) electrons. The summed E-state index contributed by atoms with van der Waals surface area (Å²) in [6, 6.07) is 9.81. The first-order valence-corrected chi connectivity index (χ1v) is 6.01. The van der Waals surface area contributed by atoms with Crippen LogP contribution in [-0.4, -0.2) is 41.0 Å². The first-order chi connectivity index (χ1) is 9.50. The Kier molecular flexibility index (Phi) is 3.79. The van der Waals surface area contributed by atoms with Crippen molar-refractivity contribution in [3.8, 4) is 11.3 Å². The fraction of sp³-hybridized carbons (Fsp3) is 0.133. The fourth-order valence-corrected chi connectivity index (χ4v) is 1.84. The normalized spacial score (nSPS) is 10.1. The van der Waals surface area contributed by atoms with E-state index in [-0.39, 0.29) is 11.5 Å². The van der Waals surface area contributed by atoms with E-state index in [0.29, 0.717) is 16.8 Å². The number of nitrogens with zero attached hydrogens (tertiary/aromatic N) is 2. The van der Waals surface area contributed by atoms with E-state index in [0.717, 1.165) is 0 Å². The zero-order valence-corrected chi connectivity index (χ0v) is 11.2. The quantitative estimate of drug-likeness (QED) is 0.927. The number of pyridine rings is 1. The maximum Gasteiger partial charge on any atom is 0.337 e. The summed E-state index contributed by atoms with van der Waals surface area (Å²) in [5.74, 6) is -1.13. The molecule has 1 aromatic carbocycles. The molecule has 0 spiro atoms. The van der Waals surface area contributed by atoms with Gasteiger partial charge in [0, 0.05) is 31.4 Å². The maximum atomic E-state index is 11.8. The Labute approximate surface area is 116 Å². The van der Waals surface area contributed by atoms with Gasteiger partial charge in [-0.3, -0.25) is 9.78 Å². The fourth-order valence-electron chi connectivity index (χ4n) is 1.84. The average Bonchev–Trinajstić information content (AvgIpc) is 2.46. The standard InChI is InChI=1S/C15H14N2O3/c1-17(2)14(18)11-7-5-10(6-8-11)13-12(15(19)20)4-3-9-16-13/h3-9H,1-2H3,(H,19,20). The van der Waals surface area contributed by atoms with Gasteiger partial charge in [0.2, 0.25) is 0 Å². The van der Waals surface area contributed by atoms with Gasteiger partial charge < -0.3 is 10.0 Å². The molecule has 102 valence electrons. The third-order valence-electron chi connectivity index (χ3n) is 2.85. The van der Waals surface area contributed by atoms with Crippen molar-refractivity contribution in [3.05, 3.63) is 53.7 Å². The molecule has 0 aliphatic heterocycles. The summed E-state index contributed by atoms with van der Waals surface area (Å²) in [6.07, 6.45) is 1.54. The lowest BCUT2D eigenvalue weighted by Crippen LogP contribution is -2.21. The predicted octanol–water partition coefficient (Wildman–Crippen LogP) is 2.15. The van der Waals surface area contributed by atoms with E-state index in [1.807, 2.05) is 0 Å². The van der Waals surface area contributed by atoms with Crippen LogP contribution in [0.25, 0.3) is 11.3 Å². The van der Waals surface area contributed by atoms with Crippen LogP contribution in [-0.2, 0) is 0 Å². The van der Waals surface area contributed by atoms with Crippen molar-refractivity contribution in [1.29, 1.82) is 0 Å². The van der Waals surface area contributed by atoms with Crippen LogP contribution in [0.3, 0.4) is 0 Å². The summed E-state index contributed by atoms with van der Waals surface area (Å²) in [7, 11) is 3.36. The van der Waals surface area contributed by atoms with Crippen LogP contribution in [0.2, 0.25) is 0 Å². The van der Waals surface area contributed by atoms with Crippen LogP contribution >= 0.6 is 0 Å². The van der Waals surface area contributed by atoms with E-state index in [1.54, 1.807) is 50.6 Å². The van der Waals surface area contributed by atoms with Crippen LogP contribution in [0.1, 0.15) is 20.7 Å². The summed E-state index contributed by atoms with van der Waals surface area (Å²) in [6.45, 7) is 0. The van der Waals surface area contributed by atoms with E-state index in [9.17, 15) is 9.59 Å². The number of carbonyl (C=O) groups is 2. The largest absolute Gasteiger partial charge is 0.478 e. The Morgan fingerprint density at radius 3 is 2.30 bits per heavy atom. The minimum atomic E-state index is -1.03. The zero-order chi connectivity index (χ0) is 14.7. The molecule has 2 aromatic rings. The lowest BCUT2D eigenvalue weighted by molar-refractivity contribution is 0.0696. The van der Waals surface area contributed by atoms with Gasteiger partial charge >= 0.3 is 5.97 Å². The van der Waals surface area contributed by atoms with Crippen molar-refractivity contribution < 1.29 is 14.7 Å². The predicted molar refractivity (Wildman–Crippen MR) is 74.6 cm³/mol. The highest BCUT2D eigenvalue weighted by Crippen LogP contribution is 2.21. The number of carbonyl (C=O) groups excluding carboxylic acids is 1. The Morgan fingerprint density at radius 1 is 1.10 bits per heavy atom. The molecule has 1 heterocycles. The van der Waals surface area contributed by atoms with Crippen molar-refractivity contribution in [3.63, 3.8) is 0 Å². The number of amides is 1. The second kappa shape index (κ2) is 5.52. The van der Waals surface area contributed by atoms with Gasteiger partial charge in [0.25, 0.3) is 5.91 Å². The molecule has 1 N–H and O–H groups in total. The second-order valence-corrected chi connectivity index (χ2v) is 4.48. The molecule has 0 unspecified atom stereocenters. The van der Waals surface area contributed by atoms with Gasteiger partial charge in [0.05, 0.1) is 11.3 Å². The van der Waals surface area contributed by atoms with Gasteiger partial charge in [0.15, 0.2) is 0 Å². The van der Waals surface area contributed by atoms with Gasteiger partial charge in [-0.25, -0.2) is 4.79 Å². The summed E-state index contributed by atoms with van der Waals surface area (Å²) in [5.41, 5.74) is 1.74. The van der Waals surface area contributed by atoms with E-state index < -0.39 is 5.97 Å².